The lowest BCUT2D eigenvalue weighted by atomic mass is 10.0. The van der Waals surface area contributed by atoms with Crippen molar-refractivity contribution in [2.75, 3.05) is 16.9 Å². The van der Waals surface area contributed by atoms with Gasteiger partial charge in [-0.15, -0.1) is 0 Å². The molecule has 1 aliphatic rings. The quantitative estimate of drug-likeness (QED) is 0.152. The zero-order valence-electron chi connectivity index (χ0n) is 23.7. The van der Waals surface area contributed by atoms with Crippen LogP contribution in [0.15, 0.2) is 121 Å². The van der Waals surface area contributed by atoms with Crippen molar-refractivity contribution in [2.45, 2.75) is 13.5 Å². The summed E-state index contributed by atoms with van der Waals surface area (Å²) < 4.78 is 11.8. The number of amides is 4. The Morgan fingerprint density at radius 1 is 0.674 bits per heavy atom. The molecule has 1 fully saturated rings. The van der Waals surface area contributed by atoms with Crippen molar-refractivity contribution in [1.29, 1.82) is 0 Å². The summed E-state index contributed by atoms with van der Waals surface area (Å²) in [7, 11) is 1.53. The van der Waals surface area contributed by atoms with Gasteiger partial charge in [-0.2, -0.15) is 0 Å². The number of imide groups is 2. The summed E-state index contributed by atoms with van der Waals surface area (Å²) >= 11 is 0. The number of rotatable bonds is 7. The Balaban J connectivity index is 1.35. The summed E-state index contributed by atoms with van der Waals surface area (Å²) in [6, 6.07) is 33.9. The first kappa shape index (κ1) is 27.5. The smallest absolute Gasteiger partial charge is 0.343 e. The number of benzene rings is 5. The van der Waals surface area contributed by atoms with Crippen LogP contribution in [0.3, 0.4) is 0 Å². The number of carbonyl (C=O) groups excluding carboxylic acids is 3. The van der Waals surface area contributed by atoms with Crippen LogP contribution in [0, 0.1) is 6.92 Å². The molecule has 1 heterocycles. The molecular weight excluding hydrogens is 540 g/mol. The van der Waals surface area contributed by atoms with E-state index in [1.165, 1.54) is 13.2 Å². The number of carbonyl (C=O) groups is 3. The van der Waals surface area contributed by atoms with Gasteiger partial charge in [-0.3, -0.25) is 9.59 Å². The molecule has 0 spiro atoms. The molecule has 0 aliphatic carbocycles. The molecule has 1 saturated heterocycles. The van der Waals surface area contributed by atoms with Crippen LogP contribution < -0.4 is 19.3 Å². The van der Waals surface area contributed by atoms with Crippen LogP contribution in [-0.2, 0) is 16.2 Å². The van der Waals surface area contributed by atoms with Gasteiger partial charge in [0.05, 0.1) is 18.5 Å². The molecule has 7 nitrogen and oxygen atoms in total. The molecule has 212 valence electrons. The lowest BCUT2D eigenvalue weighted by molar-refractivity contribution is -0.121. The number of hydrogen-bond acceptors (Lipinski definition) is 5. The lowest BCUT2D eigenvalue weighted by Crippen LogP contribution is -2.57. The van der Waals surface area contributed by atoms with E-state index in [-0.39, 0.29) is 5.57 Å². The summed E-state index contributed by atoms with van der Waals surface area (Å²) in [5, 5.41) is 2.26. The second kappa shape index (κ2) is 11.7. The van der Waals surface area contributed by atoms with Gasteiger partial charge in [0, 0.05) is 5.56 Å². The number of hydrogen-bond donors (Lipinski definition) is 0. The van der Waals surface area contributed by atoms with Crippen molar-refractivity contribution < 1.29 is 23.9 Å². The average molecular weight is 569 g/mol. The fourth-order valence-corrected chi connectivity index (χ4v) is 5.19. The molecule has 5 aromatic rings. The molecule has 0 aromatic heterocycles. The largest absolute Gasteiger partial charge is 0.493 e. The molecule has 6 rings (SSSR count). The Kier molecular flexibility index (Phi) is 7.45. The number of fused-ring (bicyclic) bond motifs is 1. The SMILES string of the molecule is COc1cc(C=C2C(=O)N(c3ccccc3)C(=O)N(c3ccccc3)C2=O)ccc1OCc1c(C)ccc2ccccc12. The highest BCUT2D eigenvalue weighted by atomic mass is 16.5. The second-order valence-corrected chi connectivity index (χ2v) is 10.1. The third-order valence-electron chi connectivity index (χ3n) is 7.42. The number of anilines is 2. The van der Waals surface area contributed by atoms with Gasteiger partial charge in [-0.25, -0.2) is 14.6 Å². The van der Waals surface area contributed by atoms with Gasteiger partial charge < -0.3 is 9.47 Å². The third kappa shape index (κ3) is 5.24. The van der Waals surface area contributed by atoms with Crippen LogP contribution in [-0.4, -0.2) is 25.0 Å². The topological polar surface area (TPSA) is 76.2 Å². The molecule has 0 saturated carbocycles. The highest BCUT2D eigenvalue weighted by Gasteiger charge is 2.43. The average Bonchev–Trinajstić information content (AvgIpc) is 3.04. The van der Waals surface area contributed by atoms with Crippen LogP contribution in [0.5, 0.6) is 11.5 Å². The van der Waals surface area contributed by atoms with Crippen molar-refractivity contribution >= 4 is 46.1 Å². The van der Waals surface area contributed by atoms with E-state index >= 15 is 0 Å². The van der Waals surface area contributed by atoms with Crippen molar-refractivity contribution in [1.82, 2.24) is 0 Å². The van der Waals surface area contributed by atoms with E-state index in [1.54, 1.807) is 78.9 Å². The summed E-state index contributed by atoms with van der Waals surface area (Å²) in [5.74, 6) is -0.456. The Bertz CT molecular complexity index is 1820. The molecule has 0 bridgehead atoms. The fourth-order valence-electron chi connectivity index (χ4n) is 5.19. The van der Waals surface area contributed by atoms with Gasteiger partial charge in [0.2, 0.25) is 0 Å². The number of barbiturate groups is 1. The zero-order valence-corrected chi connectivity index (χ0v) is 23.7. The maximum absolute atomic E-state index is 13.7. The van der Waals surface area contributed by atoms with Gasteiger partial charge in [0.1, 0.15) is 12.2 Å². The van der Waals surface area contributed by atoms with Gasteiger partial charge in [0.25, 0.3) is 11.8 Å². The van der Waals surface area contributed by atoms with E-state index in [0.29, 0.717) is 35.0 Å². The van der Waals surface area contributed by atoms with Crippen LogP contribution in [0.25, 0.3) is 16.8 Å². The molecule has 0 unspecified atom stereocenters. The number of methoxy groups -OCH3 is 1. The van der Waals surface area contributed by atoms with Gasteiger partial charge >= 0.3 is 6.03 Å². The first-order valence-corrected chi connectivity index (χ1v) is 13.8. The van der Waals surface area contributed by atoms with Crippen molar-refractivity contribution in [3.8, 4) is 11.5 Å². The number of urea groups is 1. The highest BCUT2D eigenvalue weighted by molar-refractivity contribution is 6.46. The minimum Gasteiger partial charge on any atom is -0.493 e. The summed E-state index contributed by atoms with van der Waals surface area (Å²) in [6.07, 6.45) is 1.48. The highest BCUT2D eigenvalue weighted by Crippen LogP contribution is 2.33. The molecule has 0 N–H and O–H groups in total. The molecule has 1 aliphatic heterocycles. The second-order valence-electron chi connectivity index (χ2n) is 10.1. The number of para-hydroxylation sites is 2. The van der Waals surface area contributed by atoms with Gasteiger partial charge in [0.15, 0.2) is 11.5 Å². The molecule has 0 atom stereocenters. The van der Waals surface area contributed by atoms with Crippen LogP contribution in [0.2, 0.25) is 0 Å². The number of aryl methyl sites for hydroxylation is 1. The van der Waals surface area contributed by atoms with E-state index in [0.717, 1.165) is 31.7 Å². The molecule has 43 heavy (non-hydrogen) atoms. The van der Waals surface area contributed by atoms with E-state index in [1.807, 2.05) is 12.1 Å². The van der Waals surface area contributed by atoms with Crippen molar-refractivity contribution in [3.05, 3.63) is 138 Å². The maximum atomic E-state index is 13.7. The molecular formula is C36H28N2O5. The molecule has 4 amide bonds. The maximum Gasteiger partial charge on any atom is 0.343 e. The van der Waals surface area contributed by atoms with E-state index < -0.39 is 17.8 Å². The first-order valence-electron chi connectivity index (χ1n) is 13.8. The number of ether oxygens (including phenoxy) is 2. The molecule has 7 heteroatoms. The van der Waals surface area contributed by atoms with Crippen molar-refractivity contribution in [2.24, 2.45) is 0 Å². The fraction of sp³-hybridized carbons (Fsp3) is 0.0833. The lowest BCUT2D eigenvalue weighted by Gasteiger charge is -2.33. The molecule has 5 aromatic carbocycles. The van der Waals surface area contributed by atoms with Crippen LogP contribution in [0.4, 0.5) is 16.2 Å². The third-order valence-corrected chi connectivity index (χ3v) is 7.42. The van der Waals surface area contributed by atoms with Crippen LogP contribution >= 0.6 is 0 Å². The zero-order chi connectivity index (χ0) is 29.9. The van der Waals surface area contributed by atoms with Gasteiger partial charge in [-0.1, -0.05) is 78.9 Å². The van der Waals surface area contributed by atoms with E-state index in [9.17, 15) is 14.4 Å². The minimum atomic E-state index is -0.741. The normalized spacial score (nSPS) is 13.4. The first-order chi connectivity index (χ1) is 21.0. The summed E-state index contributed by atoms with van der Waals surface area (Å²) in [4.78, 5) is 42.9. The van der Waals surface area contributed by atoms with Gasteiger partial charge in [-0.05, 0) is 71.3 Å². The van der Waals surface area contributed by atoms with E-state index in [4.69, 9.17) is 9.47 Å². The predicted octanol–water partition coefficient (Wildman–Crippen LogP) is 7.32. The monoisotopic (exact) mass is 568 g/mol. The summed E-state index contributed by atoms with van der Waals surface area (Å²) in [5.41, 5.74) is 3.31. The standard InChI is InChI=1S/C36H28N2O5/c1-24-17-19-26-11-9-10-16-29(26)31(24)23-43-32-20-18-25(22-33(32)42-2)21-30-34(39)37(27-12-5-3-6-13-27)36(41)38(35(30)40)28-14-7-4-8-15-28/h3-22H,23H2,1-2H3. The Labute approximate surface area is 249 Å². The van der Waals surface area contributed by atoms with Crippen molar-refractivity contribution in [3.63, 3.8) is 0 Å². The Morgan fingerprint density at radius 3 is 1.91 bits per heavy atom. The summed E-state index contributed by atoms with van der Waals surface area (Å²) in [6.45, 7) is 2.39. The Hall–Kier alpha value is -5.69. The number of nitrogens with zero attached hydrogens (tertiary/aromatic N) is 2. The van der Waals surface area contributed by atoms with Crippen LogP contribution in [0.1, 0.15) is 16.7 Å². The predicted molar refractivity (Wildman–Crippen MR) is 167 cm³/mol. The minimum absolute atomic E-state index is 0.158. The van der Waals surface area contributed by atoms with E-state index in [2.05, 4.69) is 31.2 Å². The molecule has 0 radical (unpaired) electrons. The Morgan fingerprint density at radius 2 is 1.28 bits per heavy atom.